The highest BCUT2D eigenvalue weighted by molar-refractivity contribution is 5.85. The molecule has 3 N–H and O–H groups in total. The van der Waals surface area contributed by atoms with Gasteiger partial charge in [-0.25, -0.2) is 0 Å². The van der Waals surface area contributed by atoms with E-state index in [0.29, 0.717) is 13.1 Å². The van der Waals surface area contributed by atoms with Crippen molar-refractivity contribution in [3.05, 3.63) is 35.9 Å². The minimum Gasteiger partial charge on any atom is -0.355 e. The van der Waals surface area contributed by atoms with Gasteiger partial charge in [-0.05, 0) is 18.4 Å². The van der Waals surface area contributed by atoms with Crippen molar-refractivity contribution in [2.24, 2.45) is 11.1 Å². The van der Waals surface area contributed by atoms with Gasteiger partial charge < -0.3 is 11.1 Å². The molecule has 4 heteroatoms. The van der Waals surface area contributed by atoms with Gasteiger partial charge in [0.05, 0.1) is 5.41 Å². The molecule has 0 radical (unpaired) electrons. The zero-order valence-electron chi connectivity index (χ0n) is 13.0. The Labute approximate surface area is 134 Å². The molecule has 0 bridgehead atoms. The molecule has 1 saturated carbocycles. The zero-order chi connectivity index (χ0) is 14.6. The first-order valence-corrected chi connectivity index (χ1v) is 7.54. The fraction of sp³-hybridized carbons (Fsp3) is 0.588. The van der Waals surface area contributed by atoms with Crippen LogP contribution >= 0.6 is 12.4 Å². The predicted octanol–water partition coefficient (Wildman–Crippen LogP) is 3.02. The van der Waals surface area contributed by atoms with Gasteiger partial charge in [0.1, 0.15) is 0 Å². The molecular weight excluding hydrogens is 284 g/mol. The third-order valence-electron chi connectivity index (χ3n) is 4.68. The van der Waals surface area contributed by atoms with E-state index in [1.165, 1.54) is 5.56 Å². The highest BCUT2D eigenvalue weighted by atomic mass is 35.5. The van der Waals surface area contributed by atoms with E-state index in [1.54, 1.807) is 0 Å². The molecule has 1 amide bonds. The molecule has 1 aliphatic carbocycles. The van der Waals surface area contributed by atoms with Gasteiger partial charge in [-0.1, -0.05) is 57.0 Å². The molecule has 3 nitrogen and oxygen atoms in total. The van der Waals surface area contributed by atoms with Crippen molar-refractivity contribution >= 4 is 18.3 Å². The first-order chi connectivity index (χ1) is 9.50. The largest absolute Gasteiger partial charge is 0.355 e. The molecule has 2 rings (SSSR count). The Hall–Kier alpha value is -1.06. The maximum atomic E-state index is 12.5. The Kier molecular flexibility index (Phi) is 6.24. The molecule has 1 aromatic rings. The van der Waals surface area contributed by atoms with Gasteiger partial charge in [-0.2, -0.15) is 0 Å². The summed E-state index contributed by atoms with van der Waals surface area (Å²) in [7, 11) is 0. The molecule has 0 heterocycles. The Balaban J connectivity index is 0.00000220. The number of hydrogen-bond donors (Lipinski definition) is 2. The van der Waals surface area contributed by atoms with Crippen LogP contribution in [0.3, 0.4) is 0 Å². The van der Waals surface area contributed by atoms with Crippen molar-refractivity contribution in [3.8, 4) is 0 Å². The zero-order valence-corrected chi connectivity index (χ0v) is 13.8. The summed E-state index contributed by atoms with van der Waals surface area (Å²) in [6.45, 7) is 5.43. The van der Waals surface area contributed by atoms with Gasteiger partial charge in [0.2, 0.25) is 5.91 Å². The average Bonchev–Trinajstić information content (AvgIpc) is 2.96. The summed E-state index contributed by atoms with van der Waals surface area (Å²) in [5.74, 6) is 0.140. The SMILES string of the molecule is CC(C)(CNC(=O)C1(CN)CCCC1)c1ccccc1.Cl. The van der Waals surface area contributed by atoms with Crippen molar-refractivity contribution in [1.82, 2.24) is 5.32 Å². The lowest BCUT2D eigenvalue weighted by molar-refractivity contribution is -0.130. The number of nitrogens with one attached hydrogen (secondary N) is 1. The second kappa shape index (κ2) is 7.28. The predicted molar refractivity (Wildman–Crippen MR) is 89.7 cm³/mol. The fourth-order valence-electron chi connectivity index (χ4n) is 3.06. The average molecular weight is 311 g/mol. The highest BCUT2D eigenvalue weighted by Crippen LogP contribution is 2.37. The fourth-order valence-corrected chi connectivity index (χ4v) is 3.06. The van der Waals surface area contributed by atoms with Crippen LogP contribution in [0.2, 0.25) is 0 Å². The first-order valence-electron chi connectivity index (χ1n) is 7.54. The van der Waals surface area contributed by atoms with Crippen LogP contribution in [0.1, 0.15) is 45.1 Å². The molecule has 21 heavy (non-hydrogen) atoms. The third kappa shape index (κ3) is 3.98. The smallest absolute Gasteiger partial charge is 0.227 e. The van der Waals surface area contributed by atoms with Crippen molar-refractivity contribution in [3.63, 3.8) is 0 Å². The summed E-state index contributed by atoms with van der Waals surface area (Å²) in [6.07, 6.45) is 4.10. The van der Waals surface area contributed by atoms with Crippen LogP contribution in [0.25, 0.3) is 0 Å². The van der Waals surface area contributed by atoms with E-state index in [0.717, 1.165) is 25.7 Å². The summed E-state index contributed by atoms with van der Waals surface area (Å²) in [6, 6.07) is 10.3. The van der Waals surface area contributed by atoms with Gasteiger partial charge in [-0.15, -0.1) is 12.4 Å². The van der Waals surface area contributed by atoms with Crippen LogP contribution in [0.15, 0.2) is 30.3 Å². The molecular formula is C17H27ClN2O. The Morgan fingerprint density at radius 2 is 1.81 bits per heavy atom. The van der Waals surface area contributed by atoms with E-state index >= 15 is 0 Å². The number of carbonyl (C=O) groups is 1. The number of carbonyl (C=O) groups excluding carboxylic acids is 1. The monoisotopic (exact) mass is 310 g/mol. The lowest BCUT2D eigenvalue weighted by Gasteiger charge is -2.30. The van der Waals surface area contributed by atoms with Crippen LogP contribution < -0.4 is 11.1 Å². The molecule has 0 aliphatic heterocycles. The summed E-state index contributed by atoms with van der Waals surface area (Å²) in [5, 5.41) is 3.14. The first kappa shape index (κ1) is 18.0. The maximum absolute atomic E-state index is 12.5. The maximum Gasteiger partial charge on any atom is 0.227 e. The normalized spacial score (nSPS) is 17.1. The van der Waals surface area contributed by atoms with Gasteiger partial charge >= 0.3 is 0 Å². The van der Waals surface area contributed by atoms with E-state index < -0.39 is 0 Å². The minimum atomic E-state index is -0.313. The number of nitrogens with two attached hydrogens (primary N) is 1. The Morgan fingerprint density at radius 3 is 2.33 bits per heavy atom. The standard InChI is InChI=1S/C17H26N2O.ClH/c1-16(2,14-8-4-3-5-9-14)13-19-15(20)17(12-18)10-6-7-11-17;/h3-5,8-9H,6-7,10-13,18H2,1-2H3,(H,19,20);1H. The topological polar surface area (TPSA) is 55.1 Å². The quantitative estimate of drug-likeness (QED) is 0.878. The van der Waals surface area contributed by atoms with Gasteiger partial charge in [0.25, 0.3) is 0 Å². The van der Waals surface area contributed by atoms with Crippen LogP contribution in [0.4, 0.5) is 0 Å². The molecule has 118 valence electrons. The number of benzene rings is 1. The van der Waals surface area contributed by atoms with Crippen LogP contribution in [0, 0.1) is 5.41 Å². The molecule has 0 saturated heterocycles. The second-order valence-corrected chi connectivity index (χ2v) is 6.62. The minimum absolute atomic E-state index is 0. The molecule has 1 aromatic carbocycles. The van der Waals surface area contributed by atoms with Crippen molar-refractivity contribution in [1.29, 1.82) is 0 Å². The van der Waals surface area contributed by atoms with Crippen molar-refractivity contribution in [2.75, 3.05) is 13.1 Å². The summed E-state index contributed by atoms with van der Waals surface area (Å²) in [5.41, 5.74) is 6.73. The number of halogens is 1. The van der Waals surface area contributed by atoms with Crippen molar-refractivity contribution < 1.29 is 4.79 Å². The number of rotatable bonds is 5. The lowest BCUT2D eigenvalue weighted by atomic mass is 9.82. The number of amides is 1. The van der Waals surface area contributed by atoms with Gasteiger partial charge in [-0.3, -0.25) is 4.79 Å². The summed E-state index contributed by atoms with van der Waals surface area (Å²) < 4.78 is 0. The Morgan fingerprint density at radius 1 is 1.24 bits per heavy atom. The van der Waals surface area contributed by atoms with Crippen LogP contribution in [-0.4, -0.2) is 19.0 Å². The highest BCUT2D eigenvalue weighted by Gasteiger charge is 2.40. The Bertz CT molecular complexity index is 453. The van der Waals surface area contributed by atoms with Gasteiger partial charge in [0, 0.05) is 18.5 Å². The molecule has 1 aliphatic rings. The van der Waals surface area contributed by atoms with E-state index in [4.69, 9.17) is 5.73 Å². The van der Waals surface area contributed by atoms with Crippen LogP contribution in [0.5, 0.6) is 0 Å². The van der Waals surface area contributed by atoms with E-state index in [-0.39, 0.29) is 29.1 Å². The molecule has 0 spiro atoms. The molecule has 0 unspecified atom stereocenters. The summed E-state index contributed by atoms with van der Waals surface area (Å²) >= 11 is 0. The number of hydrogen-bond acceptors (Lipinski definition) is 2. The van der Waals surface area contributed by atoms with Gasteiger partial charge in [0.15, 0.2) is 0 Å². The second-order valence-electron chi connectivity index (χ2n) is 6.62. The summed E-state index contributed by atoms with van der Waals surface area (Å²) in [4.78, 5) is 12.5. The lowest BCUT2D eigenvalue weighted by Crippen LogP contribution is -2.47. The van der Waals surface area contributed by atoms with Crippen LogP contribution in [-0.2, 0) is 10.2 Å². The molecule has 0 aromatic heterocycles. The molecule has 1 fully saturated rings. The van der Waals surface area contributed by atoms with E-state index in [1.807, 2.05) is 18.2 Å². The van der Waals surface area contributed by atoms with E-state index in [9.17, 15) is 4.79 Å². The van der Waals surface area contributed by atoms with Crippen molar-refractivity contribution in [2.45, 2.75) is 44.9 Å². The van der Waals surface area contributed by atoms with E-state index in [2.05, 4.69) is 31.3 Å². The molecule has 0 atom stereocenters. The third-order valence-corrected chi connectivity index (χ3v) is 4.68.